The highest BCUT2D eigenvalue weighted by molar-refractivity contribution is 9.10. The van der Waals surface area contributed by atoms with E-state index in [4.69, 9.17) is 4.52 Å². The summed E-state index contributed by atoms with van der Waals surface area (Å²) in [5.41, 5.74) is 0.682. The molecule has 0 saturated carbocycles. The summed E-state index contributed by atoms with van der Waals surface area (Å²) in [4.78, 5) is 4.05. The zero-order chi connectivity index (χ0) is 10.8. The predicted octanol–water partition coefficient (Wildman–Crippen LogP) is 2.68. The van der Waals surface area contributed by atoms with Crippen molar-refractivity contribution in [3.63, 3.8) is 0 Å². The maximum Gasteiger partial charge on any atom is 0.321 e. The zero-order valence-electron chi connectivity index (χ0n) is 7.79. The van der Waals surface area contributed by atoms with E-state index in [2.05, 4.69) is 31.4 Å². The van der Waals surface area contributed by atoms with Crippen LogP contribution in [0.25, 0.3) is 11.4 Å². The smallest absolute Gasteiger partial charge is 0.321 e. The van der Waals surface area contributed by atoms with Crippen LogP contribution in [0.5, 0.6) is 0 Å². The molecule has 0 fully saturated rings. The highest BCUT2D eigenvalue weighted by atomic mass is 79.9. The van der Waals surface area contributed by atoms with Crippen LogP contribution in [0.2, 0.25) is 0 Å². The Bertz CT molecular complexity index is 486. The molecule has 1 aromatic heterocycles. The summed E-state index contributed by atoms with van der Waals surface area (Å²) in [6, 6.07) is 4.60. The first-order chi connectivity index (χ1) is 7.20. The number of benzene rings is 1. The number of anilines is 1. The van der Waals surface area contributed by atoms with E-state index in [1.165, 1.54) is 12.1 Å². The Morgan fingerprint density at radius 2 is 2.27 bits per heavy atom. The van der Waals surface area contributed by atoms with Crippen molar-refractivity contribution in [2.24, 2.45) is 0 Å². The summed E-state index contributed by atoms with van der Waals surface area (Å²) >= 11 is 3.23. The molecule has 1 aromatic carbocycles. The van der Waals surface area contributed by atoms with Gasteiger partial charge in [-0.2, -0.15) is 4.98 Å². The SMILES string of the molecule is CNc1nc(-c2ccc(F)cc2Br)no1. The van der Waals surface area contributed by atoms with E-state index < -0.39 is 0 Å². The van der Waals surface area contributed by atoms with Crippen molar-refractivity contribution in [3.05, 3.63) is 28.5 Å². The molecule has 0 spiro atoms. The van der Waals surface area contributed by atoms with Gasteiger partial charge in [-0.1, -0.05) is 5.16 Å². The normalized spacial score (nSPS) is 10.3. The number of nitrogens with zero attached hydrogens (tertiary/aromatic N) is 2. The molecule has 0 aliphatic carbocycles. The van der Waals surface area contributed by atoms with Crippen molar-refractivity contribution >= 4 is 21.9 Å². The van der Waals surface area contributed by atoms with Gasteiger partial charge in [-0.25, -0.2) is 4.39 Å². The number of hydrogen-bond acceptors (Lipinski definition) is 4. The lowest BCUT2D eigenvalue weighted by Crippen LogP contribution is -1.88. The van der Waals surface area contributed by atoms with Crippen LogP contribution in [-0.4, -0.2) is 17.2 Å². The third-order valence-electron chi connectivity index (χ3n) is 1.81. The van der Waals surface area contributed by atoms with E-state index in [0.29, 0.717) is 21.9 Å². The van der Waals surface area contributed by atoms with E-state index in [1.54, 1.807) is 13.1 Å². The van der Waals surface area contributed by atoms with Crippen LogP contribution in [0, 0.1) is 5.82 Å². The number of nitrogens with one attached hydrogen (secondary N) is 1. The first-order valence-electron chi connectivity index (χ1n) is 4.17. The molecule has 15 heavy (non-hydrogen) atoms. The van der Waals surface area contributed by atoms with Gasteiger partial charge in [0.1, 0.15) is 5.82 Å². The summed E-state index contributed by atoms with van der Waals surface area (Å²) in [6.45, 7) is 0. The average Bonchev–Trinajstić information content (AvgIpc) is 2.66. The van der Waals surface area contributed by atoms with E-state index in [-0.39, 0.29) is 5.82 Å². The van der Waals surface area contributed by atoms with Gasteiger partial charge in [0.15, 0.2) is 0 Å². The molecule has 4 nitrogen and oxygen atoms in total. The standard InChI is InChI=1S/C9H7BrFN3O/c1-12-9-13-8(14-15-9)6-3-2-5(11)4-7(6)10/h2-4H,1H3,(H,12,13,14). The molecule has 6 heteroatoms. The molecule has 0 amide bonds. The lowest BCUT2D eigenvalue weighted by atomic mass is 10.2. The van der Waals surface area contributed by atoms with Crippen LogP contribution >= 0.6 is 15.9 Å². The zero-order valence-corrected chi connectivity index (χ0v) is 9.38. The lowest BCUT2D eigenvalue weighted by Gasteiger charge is -1.97. The first kappa shape index (κ1) is 10.1. The van der Waals surface area contributed by atoms with Crippen molar-refractivity contribution < 1.29 is 8.91 Å². The van der Waals surface area contributed by atoms with Gasteiger partial charge in [0.2, 0.25) is 5.82 Å². The number of rotatable bonds is 2. The molecule has 1 N–H and O–H groups in total. The van der Waals surface area contributed by atoms with Crippen LogP contribution in [0.3, 0.4) is 0 Å². The molecule has 0 radical (unpaired) electrons. The molecule has 0 atom stereocenters. The van der Waals surface area contributed by atoms with Crippen LogP contribution in [0.1, 0.15) is 0 Å². The van der Waals surface area contributed by atoms with Gasteiger partial charge in [-0.05, 0) is 34.1 Å². The van der Waals surface area contributed by atoms with Crippen molar-refractivity contribution in [1.82, 2.24) is 10.1 Å². The number of halogens is 2. The summed E-state index contributed by atoms with van der Waals surface area (Å²) in [6.07, 6.45) is 0. The maximum atomic E-state index is 12.8. The third-order valence-corrected chi connectivity index (χ3v) is 2.47. The van der Waals surface area contributed by atoms with Gasteiger partial charge in [-0.15, -0.1) is 0 Å². The molecular formula is C9H7BrFN3O. The fourth-order valence-electron chi connectivity index (χ4n) is 1.11. The largest absolute Gasteiger partial charge is 0.341 e. The van der Waals surface area contributed by atoms with Crippen molar-refractivity contribution in [2.45, 2.75) is 0 Å². The second-order valence-electron chi connectivity index (χ2n) is 2.80. The molecule has 2 aromatic rings. The Labute approximate surface area is 93.6 Å². The minimum atomic E-state index is -0.317. The Balaban J connectivity index is 2.44. The summed E-state index contributed by atoms with van der Waals surface area (Å²) < 4.78 is 18.3. The van der Waals surface area contributed by atoms with Crippen LogP contribution in [0.15, 0.2) is 27.2 Å². The molecule has 0 saturated heterocycles. The molecule has 1 heterocycles. The van der Waals surface area contributed by atoms with Crippen LogP contribution in [0.4, 0.5) is 10.4 Å². The van der Waals surface area contributed by atoms with E-state index in [9.17, 15) is 4.39 Å². The second-order valence-corrected chi connectivity index (χ2v) is 3.65. The summed E-state index contributed by atoms with van der Waals surface area (Å²) in [5, 5.41) is 6.47. The average molecular weight is 272 g/mol. The molecule has 2 rings (SSSR count). The summed E-state index contributed by atoms with van der Waals surface area (Å²) in [7, 11) is 1.68. The van der Waals surface area contributed by atoms with Crippen molar-refractivity contribution in [2.75, 3.05) is 12.4 Å². The fraction of sp³-hybridized carbons (Fsp3) is 0.111. The second kappa shape index (κ2) is 3.98. The molecule has 78 valence electrons. The van der Waals surface area contributed by atoms with Crippen molar-refractivity contribution in [1.29, 1.82) is 0 Å². The molecular weight excluding hydrogens is 265 g/mol. The van der Waals surface area contributed by atoms with E-state index in [0.717, 1.165) is 0 Å². The topological polar surface area (TPSA) is 51.0 Å². The van der Waals surface area contributed by atoms with Gasteiger partial charge < -0.3 is 9.84 Å². The highest BCUT2D eigenvalue weighted by Crippen LogP contribution is 2.27. The van der Waals surface area contributed by atoms with Gasteiger partial charge in [0.25, 0.3) is 0 Å². The van der Waals surface area contributed by atoms with Gasteiger partial charge in [-0.3, -0.25) is 0 Å². The van der Waals surface area contributed by atoms with Gasteiger partial charge in [0, 0.05) is 17.1 Å². The molecule has 0 bridgehead atoms. The number of hydrogen-bond donors (Lipinski definition) is 1. The van der Waals surface area contributed by atoms with E-state index >= 15 is 0 Å². The third kappa shape index (κ3) is 1.99. The van der Waals surface area contributed by atoms with Crippen LogP contribution < -0.4 is 5.32 Å². The van der Waals surface area contributed by atoms with Gasteiger partial charge >= 0.3 is 6.01 Å². The Kier molecular flexibility index (Phi) is 2.68. The summed E-state index contributed by atoms with van der Waals surface area (Å²) in [5.74, 6) is 0.0918. The molecule has 0 aliphatic heterocycles. The predicted molar refractivity (Wildman–Crippen MR) is 56.9 cm³/mol. The minimum Gasteiger partial charge on any atom is -0.341 e. The fourth-order valence-corrected chi connectivity index (χ4v) is 1.63. The van der Waals surface area contributed by atoms with Gasteiger partial charge in [0.05, 0.1) is 0 Å². The molecule has 0 unspecified atom stereocenters. The minimum absolute atomic E-state index is 0.317. The van der Waals surface area contributed by atoms with E-state index in [1.807, 2.05) is 0 Å². The Hall–Kier alpha value is -1.43. The maximum absolute atomic E-state index is 12.8. The number of aromatic nitrogens is 2. The highest BCUT2D eigenvalue weighted by Gasteiger charge is 2.10. The van der Waals surface area contributed by atoms with Crippen molar-refractivity contribution in [3.8, 4) is 11.4 Å². The monoisotopic (exact) mass is 271 g/mol. The Morgan fingerprint density at radius 1 is 1.47 bits per heavy atom. The first-order valence-corrected chi connectivity index (χ1v) is 4.97. The van der Waals surface area contributed by atoms with Crippen LogP contribution in [-0.2, 0) is 0 Å². The quantitative estimate of drug-likeness (QED) is 0.913. The lowest BCUT2D eigenvalue weighted by molar-refractivity contribution is 0.434. The Morgan fingerprint density at radius 3 is 2.87 bits per heavy atom. The molecule has 0 aliphatic rings.